The molecule has 0 fully saturated rings. The third-order valence-electron chi connectivity index (χ3n) is 4.94. The molecule has 1 aliphatic rings. The molecule has 27 heavy (non-hydrogen) atoms. The number of anilines is 1. The van der Waals surface area contributed by atoms with Crippen molar-refractivity contribution < 1.29 is 22.7 Å². The average molecular weight is 375 g/mol. The Morgan fingerprint density at radius 2 is 1.96 bits per heavy atom. The van der Waals surface area contributed by atoms with Crippen LogP contribution in [-0.2, 0) is 17.4 Å². The minimum atomic E-state index is -4.50. The first-order chi connectivity index (χ1) is 12.9. The molecule has 3 rings (SSSR count). The monoisotopic (exact) mass is 375 g/mol. The van der Waals surface area contributed by atoms with Crippen molar-refractivity contribution in [2.45, 2.75) is 24.9 Å². The zero-order chi connectivity index (χ0) is 19.6. The lowest BCUT2D eigenvalue weighted by molar-refractivity contribution is -0.138. The van der Waals surface area contributed by atoms with Gasteiger partial charge in [0.1, 0.15) is 5.75 Å². The van der Waals surface area contributed by atoms with Crippen LogP contribution >= 0.6 is 0 Å². The molecule has 2 atom stereocenters. The van der Waals surface area contributed by atoms with E-state index in [9.17, 15) is 18.0 Å². The van der Waals surface area contributed by atoms with E-state index in [1.165, 1.54) is 19.2 Å². The molecule has 2 unspecified atom stereocenters. The Labute approximate surface area is 155 Å². The quantitative estimate of drug-likeness (QED) is 0.748. The van der Waals surface area contributed by atoms with Gasteiger partial charge in [-0.25, -0.2) is 0 Å². The fraction of sp³-hybridized carbons (Fsp3) is 0.286. The maximum absolute atomic E-state index is 13.6. The minimum absolute atomic E-state index is 0.0721. The largest absolute Gasteiger partial charge is 0.496 e. The van der Waals surface area contributed by atoms with Crippen LogP contribution in [-0.4, -0.2) is 13.0 Å². The topological polar surface area (TPSA) is 38.3 Å². The van der Waals surface area contributed by atoms with Crippen molar-refractivity contribution in [1.29, 1.82) is 0 Å². The van der Waals surface area contributed by atoms with Crippen LogP contribution in [0.1, 0.15) is 29.0 Å². The number of benzene rings is 2. The second-order valence-corrected chi connectivity index (χ2v) is 6.50. The molecule has 0 saturated carbocycles. The number of allylic oxidation sites excluding steroid dienone is 1. The number of carbonyl (C=O) groups excluding carboxylic acids is 1. The standard InChI is InChI=1S/C21H20F3NO2/c1-3-7-14-15(13-8-4-5-11-19(13)27-2)12-16-17(21(22,23)24)9-6-10-18(16)25-20(14)26/h3-6,8-11,14-15H,1,7,12H2,2H3,(H,25,26). The van der Waals surface area contributed by atoms with Gasteiger partial charge in [-0.2, -0.15) is 13.2 Å². The first-order valence-corrected chi connectivity index (χ1v) is 8.60. The summed E-state index contributed by atoms with van der Waals surface area (Å²) < 4.78 is 46.1. The number of hydrogen-bond donors (Lipinski definition) is 1. The van der Waals surface area contributed by atoms with E-state index in [-0.39, 0.29) is 23.6 Å². The van der Waals surface area contributed by atoms with Gasteiger partial charge in [0.2, 0.25) is 5.91 Å². The summed E-state index contributed by atoms with van der Waals surface area (Å²) in [6.45, 7) is 3.71. The molecule has 0 saturated heterocycles. The Bertz CT molecular complexity index is 861. The van der Waals surface area contributed by atoms with E-state index < -0.39 is 23.6 Å². The molecule has 3 nitrogen and oxygen atoms in total. The smallest absolute Gasteiger partial charge is 0.416 e. The van der Waals surface area contributed by atoms with Crippen molar-refractivity contribution in [2.24, 2.45) is 5.92 Å². The summed E-state index contributed by atoms with van der Waals surface area (Å²) >= 11 is 0. The highest BCUT2D eigenvalue weighted by Crippen LogP contribution is 2.44. The first-order valence-electron chi connectivity index (χ1n) is 8.60. The molecule has 1 amide bonds. The Morgan fingerprint density at radius 1 is 1.22 bits per heavy atom. The molecule has 0 bridgehead atoms. The SMILES string of the molecule is C=CCC1C(=O)Nc2cccc(C(F)(F)F)c2CC1c1ccccc1OC. The number of hydrogen-bond acceptors (Lipinski definition) is 2. The number of fused-ring (bicyclic) bond motifs is 1. The van der Waals surface area contributed by atoms with E-state index in [0.29, 0.717) is 17.7 Å². The minimum Gasteiger partial charge on any atom is -0.496 e. The van der Waals surface area contributed by atoms with Crippen LogP contribution in [0.25, 0.3) is 0 Å². The maximum Gasteiger partial charge on any atom is 0.416 e. The van der Waals surface area contributed by atoms with E-state index in [1.54, 1.807) is 30.3 Å². The lowest BCUT2D eigenvalue weighted by Gasteiger charge is -2.25. The Kier molecular flexibility index (Phi) is 5.26. The van der Waals surface area contributed by atoms with Crippen molar-refractivity contribution >= 4 is 11.6 Å². The van der Waals surface area contributed by atoms with Crippen LogP contribution in [0, 0.1) is 5.92 Å². The molecule has 2 aromatic carbocycles. The number of para-hydroxylation sites is 1. The van der Waals surface area contributed by atoms with Crippen LogP contribution in [0.3, 0.4) is 0 Å². The number of rotatable bonds is 4. The molecule has 0 spiro atoms. The normalized spacial score (nSPS) is 19.6. The highest BCUT2D eigenvalue weighted by atomic mass is 19.4. The molecule has 2 aromatic rings. The van der Waals surface area contributed by atoms with Crippen molar-refractivity contribution in [3.63, 3.8) is 0 Å². The second kappa shape index (κ2) is 7.47. The van der Waals surface area contributed by atoms with Gasteiger partial charge in [0.25, 0.3) is 0 Å². The lowest BCUT2D eigenvalue weighted by atomic mass is 9.79. The van der Waals surface area contributed by atoms with Gasteiger partial charge in [-0.05, 0) is 42.2 Å². The molecule has 142 valence electrons. The highest BCUT2D eigenvalue weighted by Gasteiger charge is 2.40. The Hall–Kier alpha value is -2.76. The summed E-state index contributed by atoms with van der Waals surface area (Å²) in [6.07, 6.45) is -2.46. The molecular formula is C21H20F3NO2. The van der Waals surface area contributed by atoms with Crippen LogP contribution in [0.5, 0.6) is 5.75 Å². The van der Waals surface area contributed by atoms with Gasteiger partial charge in [-0.1, -0.05) is 30.3 Å². The van der Waals surface area contributed by atoms with Gasteiger partial charge in [0.05, 0.1) is 12.7 Å². The Balaban J connectivity index is 2.19. The zero-order valence-electron chi connectivity index (χ0n) is 14.8. The van der Waals surface area contributed by atoms with Gasteiger partial charge in [-0.3, -0.25) is 4.79 Å². The fourth-order valence-corrected chi connectivity index (χ4v) is 3.71. The molecule has 1 aliphatic heterocycles. The maximum atomic E-state index is 13.6. The van der Waals surface area contributed by atoms with Crippen LogP contribution < -0.4 is 10.1 Å². The van der Waals surface area contributed by atoms with Gasteiger partial charge in [-0.15, -0.1) is 6.58 Å². The second-order valence-electron chi connectivity index (χ2n) is 6.50. The summed E-state index contributed by atoms with van der Waals surface area (Å²) in [7, 11) is 1.51. The number of halogens is 3. The van der Waals surface area contributed by atoms with Crippen molar-refractivity contribution in [3.8, 4) is 5.75 Å². The number of amides is 1. The third-order valence-corrected chi connectivity index (χ3v) is 4.94. The average Bonchev–Trinajstić information content (AvgIpc) is 2.77. The van der Waals surface area contributed by atoms with Crippen molar-refractivity contribution in [2.75, 3.05) is 12.4 Å². The highest BCUT2D eigenvalue weighted by molar-refractivity contribution is 5.95. The van der Waals surface area contributed by atoms with E-state index in [2.05, 4.69) is 11.9 Å². The van der Waals surface area contributed by atoms with Gasteiger partial charge >= 0.3 is 6.18 Å². The molecule has 6 heteroatoms. The molecule has 1 heterocycles. The van der Waals surface area contributed by atoms with Gasteiger partial charge in [0, 0.05) is 17.5 Å². The van der Waals surface area contributed by atoms with E-state index >= 15 is 0 Å². The van der Waals surface area contributed by atoms with Crippen LogP contribution in [0.15, 0.2) is 55.1 Å². The van der Waals surface area contributed by atoms with Gasteiger partial charge in [0.15, 0.2) is 0 Å². The fourth-order valence-electron chi connectivity index (χ4n) is 3.71. The van der Waals surface area contributed by atoms with Crippen molar-refractivity contribution in [1.82, 2.24) is 0 Å². The molecular weight excluding hydrogens is 355 g/mol. The number of methoxy groups -OCH3 is 1. The summed E-state index contributed by atoms with van der Waals surface area (Å²) in [5.74, 6) is -0.780. The van der Waals surface area contributed by atoms with E-state index in [0.717, 1.165) is 6.07 Å². The first kappa shape index (κ1) is 19.0. The number of ether oxygens (including phenoxy) is 1. The molecule has 0 radical (unpaired) electrons. The molecule has 0 aromatic heterocycles. The third kappa shape index (κ3) is 3.70. The van der Waals surface area contributed by atoms with E-state index in [1.807, 2.05) is 0 Å². The summed E-state index contributed by atoms with van der Waals surface area (Å²) in [6, 6.07) is 11.0. The predicted octanol–water partition coefficient (Wildman–Crippen LogP) is 5.18. The number of nitrogens with one attached hydrogen (secondary N) is 1. The summed E-state index contributed by atoms with van der Waals surface area (Å²) in [5, 5.41) is 2.68. The lowest BCUT2D eigenvalue weighted by Crippen LogP contribution is -2.26. The number of alkyl halides is 3. The predicted molar refractivity (Wildman–Crippen MR) is 97.8 cm³/mol. The van der Waals surface area contributed by atoms with Crippen LogP contribution in [0.2, 0.25) is 0 Å². The van der Waals surface area contributed by atoms with E-state index in [4.69, 9.17) is 4.74 Å². The zero-order valence-corrected chi connectivity index (χ0v) is 14.8. The summed E-state index contributed by atoms with van der Waals surface area (Å²) in [4.78, 5) is 12.8. The molecule has 1 N–H and O–H groups in total. The summed E-state index contributed by atoms with van der Waals surface area (Å²) in [5.41, 5.74) is 0.299. The Morgan fingerprint density at radius 3 is 2.63 bits per heavy atom. The van der Waals surface area contributed by atoms with Crippen molar-refractivity contribution in [3.05, 3.63) is 71.8 Å². The number of carbonyl (C=O) groups is 1. The van der Waals surface area contributed by atoms with Gasteiger partial charge < -0.3 is 10.1 Å². The van der Waals surface area contributed by atoms with Crippen LogP contribution in [0.4, 0.5) is 18.9 Å². The molecule has 0 aliphatic carbocycles.